The molecule has 88 valence electrons. The lowest BCUT2D eigenvalue weighted by Crippen LogP contribution is -2.02. The minimum absolute atomic E-state index is 0.717. The zero-order chi connectivity index (χ0) is 11.8. The van der Waals surface area contributed by atoms with Crippen molar-refractivity contribution in [3.8, 4) is 5.75 Å². The van der Waals surface area contributed by atoms with E-state index in [-0.39, 0.29) is 0 Å². The number of nitrogens with two attached hydrogens (primary N) is 1. The molecule has 0 aliphatic rings. The van der Waals surface area contributed by atoms with Gasteiger partial charge in [-0.2, -0.15) is 0 Å². The average Bonchev–Trinajstić information content (AvgIpc) is 2.26. The van der Waals surface area contributed by atoms with Gasteiger partial charge in [0.2, 0.25) is 0 Å². The summed E-state index contributed by atoms with van der Waals surface area (Å²) in [6.45, 7) is 7.34. The zero-order valence-corrected chi connectivity index (χ0v) is 9.83. The van der Waals surface area contributed by atoms with Crippen molar-refractivity contribution >= 4 is 11.4 Å². The molecule has 0 fully saturated rings. The predicted molar refractivity (Wildman–Crippen MR) is 69.9 cm³/mol. The third-order valence-corrected chi connectivity index (χ3v) is 2.08. The van der Waals surface area contributed by atoms with Crippen molar-refractivity contribution in [3.63, 3.8) is 0 Å². The summed E-state index contributed by atoms with van der Waals surface area (Å²) in [6, 6.07) is 5.71. The molecule has 0 unspecified atom stereocenters. The summed E-state index contributed by atoms with van der Waals surface area (Å²) in [5, 5.41) is 3.27. The zero-order valence-electron chi connectivity index (χ0n) is 9.83. The van der Waals surface area contributed by atoms with Crippen LogP contribution in [0.3, 0.4) is 0 Å². The van der Waals surface area contributed by atoms with Crippen LogP contribution in [0.15, 0.2) is 30.9 Å². The molecule has 0 aliphatic heterocycles. The largest absolute Gasteiger partial charge is 0.493 e. The Kier molecular flexibility index (Phi) is 5.26. The van der Waals surface area contributed by atoms with Gasteiger partial charge in [0, 0.05) is 30.1 Å². The molecular weight excluding hydrogens is 200 g/mol. The first-order valence-corrected chi connectivity index (χ1v) is 5.64. The van der Waals surface area contributed by atoms with Gasteiger partial charge in [-0.1, -0.05) is 13.0 Å². The van der Waals surface area contributed by atoms with Gasteiger partial charge in [-0.05, 0) is 18.9 Å². The van der Waals surface area contributed by atoms with E-state index in [1.165, 1.54) is 0 Å². The maximum Gasteiger partial charge on any atom is 0.123 e. The van der Waals surface area contributed by atoms with Crippen molar-refractivity contribution in [1.82, 2.24) is 0 Å². The van der Waals surface area contributed by atoms with Gasteiger partial charge in [-0.3, -0.25) is 0 Å². The Labute approximate surface area is 97.3 Å². The quantitative estimate of drug-likeness (QED) is 0.422. The van der Waals surface area contributed by atoms with E-state index in [4.69, 9.17) is 10.5 Å². The van der Waals surface area contributed by atoms with Gasteiger partial charge in [0.25, 0.3) is 0 Å². The first-order chi connectivity index (χ1) is 7.76. The van der Waals surface area contributed by atoms with Gasteiger partial charge in [-0.25, -0.2) is 0 Å². The lowest BCUT2D eigenvalue weighted by Gasteiger charge is -2.10. The molecule has 0 amide bonds. The first kappa shape index (κ1) is 12.4. The van der Waals surface area contributed by atoms with Crippen LogP contribution < -0.4 is 15.8 Å². The number of nitrogens with one attached hydrogen (secondary N) is 1. The molecule has 0 aromatic heterocycles. The summed E-state index contributed by atoms with van der Waals surface area (Å²) < 4.78 is 5.54. The van der Waals surface area contributed by atoms with E-state index in [0.717, 1.165) is 43.1 Å². The van der Waals surface area contributed by atoms with Crippen molar-refractivity contribution in [1.29, 1.82) is 0 Å². The van der Waals surface area contributed by atoms with Crippen LogP contribution >= 0.6 is 0 Å². The average molecular weight is 220 g/mol. The van der Waals surface area contributed by atoms with E-state index in [0.29, 0.717) is 0 Å². The second-order valence-corrected chi connectivity index (χ2v) is 3.64. The molecule has 3 N–H and O–H groups in total. The fraction of sp³-hybridized carbons (Fsp3) is 0.385. The smallest absolute Gasteiger partial charge is 0.123 e. The van der Waals surface area contributed by atoms with E-state index < -0.39 is 0 Å². The third-order valence-electron chi connectivity index (χ3n) is 2.08. The molecule has 0 saturated heterocycles. The molecule has 16 heavy (non-hydrogen) atoms. The molecule has 0 atom stereocenters. The number of ether oxygens (including phenoxy) is 1. The first-order valence-electron chi connectivity index (χ1n) is 5.64. The molecule has 0 bridgehead atoms. The van der Waals surface area contributed by atoms with Gasteiger partial charge in [0.05, 0.1) is 6.61 Å². The molecule has 3 nitrogen and oxygen atoms in total. The Morgan fingerprint density at radius 3 is 2.94 bits per heavy atom. The summed E-state index contributed by atoms with van der Waals surface area (Å²) >= 11 is 0. The summed E-state index contributed by atoms with van der Waals surface area (Å²) in [5.74, 6) is 0.822. The Bertz CT molecular complexity index is 337. The van der Waals surface area contributed by atoms with Crippen molar-refractivity contribution in [2.24, 2.45) is 0 Å². The predicted octanol–water partition coefficient (Wildman–Crippen LogP) is 3.05. The lowest BCUT2D eigenvalue weighted by molar-refractivity contribution is 0.318. The molecule has 1 aromatic rings. The van der Waals surface area contributed by atoms with Gasteiger partial charge in [0.1, 0.15) is 5.75 Å². The molecule has 0 radical (unpaired) electrons. The highest BCUT2D eigenvalue weighted by Crippen LogP contribution is 2.22. The fourth-order valence-corrected chi connectivity index (χ4v) is 1.35. The monoisotopic (exact) mass is 220 g/mol. The Hall–Kier alpha value is -1.64. The SMILES string of the molecule is C=CCCNc1cc(N)cc(OCCC)c1. The second kappa shape index (κ2) is 6.77. The van der Waals surface area contributed by atoms with Crippen LogP contribution in [0.25, 0.3) is 0 Å². The molecule has 3 heteroatoms. The van der Waals surface area contributed by atoms with Crippen LogP contribution in [0.1, 0.15) is 19.8 Å². The van der Waals surface area contributed by atoms with Crippen molar-refractivity contribution in [2.45, 2.75) is 19.8 Å². The minimum Gasteiger partial charge on any atom is -0.493 e. The lowest BCUT2D eigenvalue weighted by atomic mass is 10.2. The standard InChI is InChI=1S/C13H20N2O/c1-3-5-6-15-12-8-11(14)9-13(10-12)16-7-4-2/h3,8-10,15H,1,4-7,14H2,2H3. The van der Waals surface area contributed by atoms with E-state index in [9.17, 15) is 0 Å². The van der Waals surface area contributed by atoms with Crippen molar-refractivity contribution in [2.75, 3.05) is 24.2 Å². The van der Waals surface area contributed by atoms with Crippen LogP contribution in [0, 0.1) is 0 Å². The van der Waals surface area contributed by atoms with E-state index >= 15 is 0 Å². The highest BCUT2D eigenvalue weighted by molar-refractivity contribution is 5.59. The number of nitrogen functional groups attached to an aromatic ring is 1. The topological polar surface area (TPSA) is 47.3 Å². The molecular formula is C13H20N2O. The maximum atomic E-state index is 5.80. The molecule has 0 spiro atoms. The molecule has 0 aliphatic carbocycles. The van der Waals surface area contributed by atoms with E-state index in [2.05, 4.69) is 18.8 Å². The highest BCUT2D eigenvalue weighted by atomic mass is 16.5. The Balaban J connectivity index is 2.61. The Morgan fingerprint density at radius 1 is 1.44 bits per heavy atom. The summed E-state index contributed by atoms with van der Waals surface area (Å²) in [4.78, 5) is 0. The fourth-order valence-electron chi connectivity index (χ4n) is 1.35. The number of benzene rings is 1. The van der Waals surface area contributed by atoms with Gasteiger partial charge in [-0.15, -0.1) is 6.58 Å². The normalized spacial score (nSPS) is 9.81. The van der Waals surface area contributed by atoms with Gasteiger partial charge >= 0.3 is 0 Å². The summed E-state index contributed by atoms with van der Waals surface area (Å²) in [7, 11) is 0. The molecule has 0 heterocycles. The molecule has 1 rings (SSSR count). The number of rotatable bonds is 7. The van der Waals surface area contributed by atoms with E-state index in [1.807, 2.05) is 24.3 Å². The number of hydrogen-bond donors (Lipinski definition) is 2. The second-order valence-electron chi connectivity index (χ2n) is 3.64. The van der Waals surface area contributed by atoms with E-state index in [1.54, 1.807) is 0 Å². The van der Waals surface area contributed by atoms with Crippen LogP contribution in [0.4, 0.5) is 11.4 Å². The van der Waals surface area contributed by atoms with Crippen LogP contribution in [0.2, 0.25) is 0 Å². The summed E-state index contributed by atoms with van der Waals surface area (Å²) in [5.41, 5.74) is 7.51. The van der Waals surface area contributed by atoms with Crippen molar-refractivity contribution in [3.05, 3.63) is 30.9 Å². The van der Waals surface area contributed by atoms with Crippen LogP contribution in [-0.4, -0.2) is 13.2 Å². The Morgan fingerprint density at radius 2 is 2.25 bits per heavy atom. The number of anilines is 2. The van der Waals surface area contributed by atoms with Gasteiger partial charge in [0.15, 0.2) is 0 Å². The molecule has 1 aromatic carbocycles. The van der Waals surface area contributed by atoms with Crippen LogP contribution in [0.5, 0.6) is 5.75 Å². The number of hydrogen-bond acceptors (Lipinski definition) is 3. The minimum atomic E-state index is 0.717. The third kappa shape index (κ3) is 4.26. The van der Waals surface area contributed by atoms with Crippen molar-refractivity contribution < 1.29 is 4.74 Å². The summed E-state index contributed by atoms with van der Waals surface area (Å²) in [6.07, 6.45) is 3.81. The highest BCUT2D eigenvalue weighted by Gasteiger charge is 1.99. The van der Waals surface area contributed by atoms with Gasteiger partial charge < -0.3 is 15.8 Å². The van der Waals surface area contributed by atoms with Crippen LogP contribution in [-0.2, 0) is 0 Å². The maximum absolute atomic E-state index is 5.80. The molecule has 0 saturated carbocycles.